The van der Waals surface area contributed by atoms with Gasteiger partial charge < -0.3 is 20.3 Å². The first-order chi connectivity index (χ1) is 8.65. The van der Waals surface area contributed by atoms with Crippen molar-refractivity contribution in [3.8, 4) is 0 Å². The third kappa shape index (κ3) is 3.93. The minimum absolute atomic E-state index is 0.145. The molecule has 1 amide bonds. The molecule has 3 atom stereocenters. The molecule has 2 aliphatic heterocycles. The molecule has 3 unspecified atom stereocenters. The molecule has 0 bridgehead atoms. The largest absolute Gasteiger partial charge is 0.374 e. The first-order valence-corrected chi connectivity index (χ1v) is 6.96. The molecule has 104 valence electrons. The molecule has 0 aromatic heterocycles. The van der Waals surface area contributed by atoms with Crippen molar-refractivity contribution < 1.29 is 9.53 Å². The SMILES string of the molecule is CC1CC(C(=O)NCC2CN(C)CCO2)CCN1. The van der Waals surface area contributed by atoms with Gasteiger partial charge >= 0.3 is 0 Å². The number of morpholine rings is 1. The van der Waals surface area contributed by atoms with E-state index >= 15 is 0 Å². The minimum atomic E-state index is 0.145. The van der Waals surface area contributed by atoms with Crippen molar-refractivity contribution in [2.24, 2.45) is 5.92 Å². The smallest absolute Gasteiger partial charge is 0.223 e. The van der Waals surface area contributed by atoms with Crippen LogP contribution in [0.1, 0.15) is 19.8 Å². The number of rotatable bonds is 3. The highest BCUT2D eigenvalue weighted by Gasteiger charge is 2.25. The van der Waals surface area contributed by atoms with Crippen LogP contribution in [-0.2, 0) is 9.53 Å². The van der Waals surface area contributed by atoms with Crippen LogP contribution < -0.4 is 10.6 Å². The lowest BCUT2D eigenvalue weighted by Crippen LogP contribution is -2.48. The van der Waals surface area contributed by atoms with Crippen LogP contribution in [0.2, 0.25) is 0 Å². The first-order valence-electron chi connectivity index (χ1n) is 6.96. The first kappa shape index (κ1) is 13.8. The number of hydrogen-bond acceptors (Lipinski definition) is 4. The van der Waals surface area contributed by atoms with Crippen LogP contribution in [0, 0.1) is 5.92 Å². The molecular formula is C13H25N3O2. The number of likely N-dealkylation sites (N-methyl/N-ethyl adjacent to an activating group) is 1. The van der Waals surface area contributed by atoms with E-state index in [2.05, 4.69) is 29.5 Å². The summed E-state index contributed by atoms with van der Waals surface area (Å²) in [6.45, 7) is 6.38. The number of hydrogen-bond donors (Lipinski definition) is 2. The average Bonchev–Trinajstić information content (AvgIpc) is 2.36. The Morgan fingerprint density at radius 3 is 3.11 bits per heavy atom. The Morgan fingerprint density at radius 2 is 2.39 bits per heavy atom. The zero-order valence-corrected chi connectivity index (χ0v) is 11.4. The lowest BCUT2D eigenvalue weighted by atomic mass is 9.92. The highest BCUT2D eigenvalue weighted by molar-refractivity contribution is 5.78. The van der Waals surface area contributed by atoms with Crippen LogP contribution in [0.3, 0.4) is 0 Å². The third-order valence-corrected chi connectivity index (χ3v) is 3.84. The van der Waals surface area contributed by atoms with Crippen molar-refractivity contribution in [1.29, 1.82) is 0 Å². The predicted octanol–water partition coefficient (Wildman–Crippen LogP) is -0.179. The summed E-state index contributed by atoms with van der Waals surface area (Å²) in [6, 6.07) is 0.451. The van der Waals surface area contributed by atoms with Crippen molar-refractivity contribution in [3.05, 3.63) is 0 Å². The number of carbonyl (C=O) groups excluding carboxylic acids is 1. The van der Waals surface area contributed by atoms with Gasteiger partial charge in [-0.1, -0.05) is 0 Å². The van der Waals surface area contributed by atoms with Gasteiger partial charge in [0.05, 0.1) is 12.7 Å². The second kappa shape index (κ2) is 6.50. The quantitative estimate of drug-likeness (QED) is 0.735. The van der Waals surface area contributed by atoms with E-state index in [0.717, 1.165) is 39.1 Å². The summed E-state index contributed by atoms with van der Waals surface area (Å²) < 4.78 is 5.64. The molecule has 2 saturated heterocycles. The molecule has 18 heavy (non-hydrogen) atoms. The predicted molar refractivity (Wildman–Crippen MR) is 70.4 cm³/mol. The highest BCUT2D eigenvalue weighted by Crippen LogP contribution is 2.16. The maximum Gasteiger partial charge on any atom is 0.223 e. The van der Waals surface area contributed by atoms with E-state index in [9.17, 15) is 4.79 Å². The molecule has 0 aromatic carbocycles. The summed E-state index contributed by atoms with van der Waals surface area (Å²) in [7, 11) is 2.09. The van der Waals surface area contributed by atoms with Crippen LogP contribution in [0.15, 0.2) is 0 Å². The summed E-state index contributed by atoms with van der Waals surface area (Å²) in [5, 5.41) is 6.41. The van der Waals surface area contributed by atoms with Crippen molar-refractivity contribution in [3.63, 3.8) is 0 Å². The molecule has 0 radical (unpaired) electrons. The number of amides is 1. The van der Waals surface area contributed by atoms with Crippen LogP contribution in [0.25, 0.3) is 0 Å². The van der Waals surface area contributed by atoms with E-state index < -0.39 is 0 Å². The van der Waals surface area contributed by atoms with Gasteiger partial charge in [-0.3, -0.25) is 4.79 Å². The van der Waals surface area contributed by atoms with E-state index in [4.69, 9.17) is 4.74 Å². The molecule has 2 aliphatic rings. The Kier molecular flexibility index (Phi) is 4.97. The molecular weight excluding hydrogens is 230 g/mol. The van der Waals surface area contributed by atoms with E-state index in [-0.39, 0.29) is 17.9 Å². The molecule has 0 aromatic rings. The number of ether oxygens (including phenoxy) is 1. The van der Waals surface area contributed by atoms with Crippen LogP contribution in [0.5, 0.6) is 0 Å². The van der Waals surface area contributed by atoms with Crippen LogP contribution in [0.4, 0.5) is 0 Å². The van der Waals surface area contributed by atoms with Crippen molar-refractivity contribution in [2.75, 3.05) is 39.8 Å². The van der Waals surface area contributed by atoms with Gasteiger partial charge in [-0.25, -0.2) is 0 Å². The lowest BCUT2D eigenvalue weighted by Gasteiger charge is -2.31. The van der Waals surface area contributed by atoms with Crippen LogP contribution in [-0.4, -0.2) is 62.8 Å². The molecule has 2 heterocycles. The molecule has 0 spiro atoms. The van der Waals surface area contributed by atoms with E-state index in [1.807, 2.05) is 0 Å². The molecule has 5 heteroatoms. The standard InChI is InChI=1S/C13H25N3O2/c1-10-7-11(3-4-14-10)13(17)15-8-12-9-16(2)5-6-18-12/h10-12,14H,3-9H2,1-2H3,(H,15,17). The van der Waals surface area contributed by atoms with Gasteiger partial charge in [-0.05, 0) is 33.4 Å². The van der Waals surface area contributed by atoms with Gasteiger partial charge in [0.15, 0.2) is 0 Å². The summed E-state index contributed by atoms with van der Waals surface area (Å²) in [6.07, 6.45) is 2.03. The topological polar surface area (TPSA) is 53.6 Å². The second-order valence-corrected chi connectivity index (χ2v) is 5.58. The minimum Gasteiger partial charge on any atom is -0.374 e. The monoisotopic (exact) mass is 255 g/mol. The normalized spacial score (nSPS) is 34.2. The van der Waals surface area contributed by atoms with Crippen molar-refractivity contribution in [2.45, 2.75) is 31.9 Å². The van der Waals surface area contributed by atoms with E-state index in [0.29, 0.717) is 12.6 Å². The van der Waals surface area contributed by atoms with Gasteiger partial charge in [-0.2, -0.15) is 0 Å². The molecule has 2 rings (SSSR count). The zero-order valence-electron chi connectivity index (χ0n) is 11.4. The Hall–Kier alpha value is -0.650. The Morgan fingerprint density at radius 1 is 1.56 bits per heavy atom. The zero-order chi connectivity index (χ0) is 13.0. The highest BCUT2D eigenvalue weighted by atomic mass is 16.5. The molecule has 0 aliphatic carbocycles. The van der Waals surface area contributed by atoms with Crippen molar-refractivity contribution in [1.82, 2.24) is 15.5 Å². The molecule has 0 saturated carbocycles. The maximum atomic E-state index is 12.1. The fourth-order valence-corrected chi connectivity index (χ4v) is 2.72. The molecule has 5 nitrogen and oxygen atoms in total. The molecule has 2 N–H and O–H groups in total. The Balaban J connectivity index is 1.70. The fourth-order valence-electron chi connectivity index (χ4n) is 2.72. The van der Waals surface area contributed by atoms with Gasteiger partial charge in [-0.15, -0.1) is 0 Å². The fraction of sp³-hybridized carbons (Fsp3) is 0.923. The summed E-state index contributed by atoms with van der Waals surface area (Å²) in [4.78, 5) is 14.3. The van der Waals surface area contributed by atoms with Gasteiger partial charge in [0.25, 0.3) is 0 Å². The third-order valence-electron chi connectivity index (χ3n) is 3.84. The van der Waals surface area contributed by atoms with Crippen molar-refractivity contribution >= 4 is 5.91 Å². The van der Waals surface area contributed by atoms with Gasteiger partial charge in [0.1, 0.15) is 0 Å². The Bertz CT molecular complexity index is 285. The number of nitrogens with zero attached hydrogens (tertiary/aromatic N) is 1. The number of carbonyl (C=O) groups is 1. The summed E-state index contributed by atoms with van der Waals surface area (Å²) >= 11 is 0. The maximum absolute atomic E-state index is 12.1. The summed E-state index contributed by atoms with van der Waals surface area (Å²) in [5.41, 5.74) is 0. The Labute approximate surface area is 109 Å². The second-order valence-electron chi connectivity index (χ2n) is 5.58. The van der Waals surface area contributed by atoms with Gasteiger partial charge in [0.2, 0.25) is 5.91 Å². The lowest BCUT2D eigenvalue weighted by molar-refractivity contribution is -0.127. The van der Waals surface area contributed by atoms with E-state index in [1.54, 1.807) is 0 Å². The molecule has 2 fully saturated rings. The van der Waals surface area contributed by atoms with Gasteiger partial charge in [0, 0.05) is 31.6 Å². The van der Waals surface area contributed by atoms with E-state index in [1.165, 1.54) is 0 Å². The average molecular weight is 255 g/mol. The van der Waals surface area contributed by atoms with Crippen LogP contribution >= 0.6 is 0 Å². The summed E-state index contributed by atoms with van der Waals surface area (Å²) in [5.74, 6) is 0.364. The number of piperidine rings is 1. The number of nitrogens with one attached hydrogen (secondary N) is 2.